The summed E-state index contributed by atoms with van der Waals surface area (Å²) in [5, 5.41) is 3.77. The van der Waals surface area contributed by atoms with Gasteiger partial charge in [0.1, 0.15) is 5.82 Å². The van der Waals surface area contributed by atoms with Gasteiger partial charge in [0.25, 0.3) is 0 Å². The number of methoxy groups -OCH3 is 1. The number of ether oxygens (including phenoxy) is 1. The smallest absolute Gasteiger partial charge is 0.425 e. The quantitative estimate of drug-likeness (QED) is 0.169. The Morgan fingerprint density at radius 3 is 2.42 bits per heavy atom. The lowest BCUT2D eigenvalue weighted by Crippen LogP contribution is -2.53. The molecule has 45 heavy (non-hydrogen) atoms. The molecule has 5 aromatic rings. The lowest BCUT2D eigenvalue weighted by atomic mass is 9.78. The number of fused-ring (bicyclic) bond motifs is 2. The molecular weight excluding hydrogens is 584 g/mol. The minimum atomic E-state index is -0.647. The zero-order valence-corrected chi connectivity index (χ0v) is 26.7. The Bertz CT molecular complexity index is 1860. The first-order valence-electron chi connectivity index (χ1n) is 15.8. The lowest BCUT2D eigenvalue weighted by molar-refractivity contribution is -0.142. The summed E-state index contributed by atoms with van der Waals surface area (Å²) in [6.45, 7) is 3.76. The molecule has 10 heteroatoms. The minimum Gasteiger partial charge on any atom is -0.452 e. The Balaban J connectivity index is 1.14. The Kier molecular flexibility index (Phi) is 7.91. The normalized spacial score (nSPS) is 17.9. The number of rotatable bonds is 6. The molecule has 2 amide bonds. The van der Waals surface area contributed by atoms with E-state index in [1.165, 1.54) is 55.8 Å². The maximum atomic E-state index is 13.7. The maximum Gasteiger partial charge on any atom is 0.425 e. The predicted octanol–water partition coefficient (Wildman–Crippen LogP) is 7.62. The number of benzene rings is 2. The van der Waals surface area contributed by atoms with E-state index in [-0.39, 0.29) is 23.8 Å². The first-order valence-corrected chi connectivity index (χ1v) is 16.6. The van der Waals surface area contributed by atoms with Gasteiger partial charge in [-0.05, 0) is 85.5 Å². The van der Waals surface area contributed by atoms with Crippen LogP contribution < -0.4 is 5.43 Å². The zero-order chi connectivity index (χ0) is 31.1. The number of amides is 2. The predicted molar refractivity (Wildman–Crippen MR) is 177 cm³/mol. The van der Waals surface area contributed by atoms with E-state index in [4.69, 9.17) is 9.72 Å². The van der Waals surface area contributed by atoms with E-state index in [1.54, 1.807) is 6.33 Å². The van der Waals surface area contributed by atoms with Crippen LogP contribution in [0.4, 0.5) is 4.79 Å². The molecule has 7 rings (SSSR count). The van der Waals surface area contributed by atoms with Crippen molar-refractivity contribution in [3.63, 3.8) is 0 Å². The monoisotopic (exact) mass is 622 g/mol. The molecule has 3 aromatic heterocycles. The largest absolute Gasteiger partial charge is 0.452 e. The molecule has 9 nitrogen and oxygen atoms in total. The van der Waals surface area contributed by atoms with Crippen molar-refractivity contribution in [3.05, 3.63) is 72.1 Å². The summed E-state index contributed by atoms with van der Waals surface area (Å²) in [5.74, 6) is 0.384. The number of carbonyl (C=O) groups excluding carboxylic acids is 2. The molecule has 0 saturated heterocycles. The number of thiophene rings is 1. The topological polar surface area (TPSA) is 116 Å². The molecule has 2 unspecified atom stereocenters. The summed E-state index contributed by atoms with van der Waals surface area (Å²) >= 11 is 1.87. The summed E-state index contributed by atoms with van der Waals surface area (Å²) in [7, 11) is 1.30. The molecule has 2 aliphatic carbocycles. The number of hydrogen-bond donors (Lipinski definition) is 3. The molecular formula is C35H38N6O3S. The minimum absolute atomic E-state index is 0.0529. The second-order valence-electron chi connectivity index (χ2n) is 12.4. The highest BCUT2D eigenvalue weighted by molar-refractivity contribution is 7.19. The van der Waals surface area contributed by atoms with E-state index in [2.05, 4.69) is 56.8 Å². The van der Waals surface area contributed by atoms with E-state index in [0.29, 0.717) is 0 Å². The van der Waals surface area contributed by atoms with E-state index in [0.717, 1.165) is 61.3 Å². The third kappa shape index (κ3) is 5.52. The summed E-state index contributed by atoms with van der Waals surface area (Å²) in [6.07, 6.45) is 12.0. The molecule has 232 valence electrons. The maximum absolute atomic E-state index is 13.7. The van der Waals surface area contributed by atoms with Crippen LogP contribution in [0.15, 0.2) is 55.1 Å². The fraction of sp³-hybridized carbons (Fsp3) is 0.371. The van der Waals surface area contributed by atoms with Crippen molar-refractivity contribution in [3.8, 4) is 32.3 Å². The van der Waals surface area contributed by atoms with Crippen LogP contribution in [0.2, 0.25) is 0 Å². The van der Waals surface area contributed by atoms with E-state index in [9.17, 15) is 9.59 Å². The van der Waals surface area contributed by atoms with Crippen LogP contribution in [0.1, 0.15) is 68.8 Å². The first kappa shape index (κ1) is 29.3. The average Bonchev–Trinajstić information content (AvgIpc) is 3.88. The molecule has 2 aromatic carbocycles. The van der Waals surface area contributed by atoms with Crippen molar-refractivity contribution in [2.45, 2.75) is 70.8 Å². The molecule has 0 radical (unpaired) electrons. The molecule has 3 heterocycles. The second-order valence-corrected chi connectivity index (χ2v) is 13.4. The van der Waals surface area contributed by atoms with Crippen LogP contribution in [0.5, 0.6) is 0 Å². The number of nitrogens with one attached hydrogen (secondary N) is 3. The average molecular weight is 623 g/mol. The molecule has 2 aliphatic rings. The lowest BCUT2D eigenvalue weighted by Gasteiger charge is -2.35. The number of imidazole rings is 2. The van der Waals surface area contributed by atoms with Crippen molar-refractivity contribution in [1.82, 2.24) is 30.4 Å². The van der Waals surface area contributed by atoms with Gasteiger partial charge in [-0.2, -0.15) is 0 Å². The second kappa shape index (κ2) is 12.2. The highest BCUT2D eigenvalue weighted by atomic mass is 32.1. The van der Waals surface area contributed by atoms with Gasteiger partial charge in [0.15, 0.2) is 0 Å². The van der Waals surface area contributed by atoms with Gasteiger partial charge in [0.2, 0.25) is 5.91 Å². The number of hydrazine groups is 1. The number of aromatic amines is 2. The number of nitrogens with zero attached hydrogens (tertiary/aromatic N) is 3. The summed E-state index contributed by atoms with van der Waals surface area (Å²) < 4.78 is 4.76. The van der Waals surface area contributed by atoms with Gasteiger partial charge in [0.05, 0.1) is 42.1 Å². The van der Waals surface area contributed by atoms with Crippen LogP contribution in [-0.4, -0.2) is 50.1 Å². The number of aromatic nitrogens is 4. The van der Waals surface area contributed by atoms with Crippen LogP contribution in [0.25, 0.3) is 43.0 Å². The third-order valence-electron chi connectivity index (χ3n) is 9.31. The molecule has 3 N–H and O–H groups in total. The summed E-state index contributed by atoms with van der Waals surface area (Å²) in [5.41, 5.74) is 9.93. The Hall–Kier alpha value is -4.44. The van der Waals surface area contributed by atoms with Crippen molar-refractivity contribution in [2.75, 3.05) is 7.11 Å². The van der Waals surface area contributed by atoms with Crippen LogP contribution in [0, 0.1) is 5.92 Å². The molecule has 0 bridgehead atoms. The van der Waals surface area contributed by atoms with Crippen molar-refractivity contribution < 1.29 is 14.3 Å². The van der Waals surface area contributed by atoms with Gasteiger partial charge < -0.3 is 14.7 Å². The van der Waals surface area contributed by atoms with Gasteiger partial charge >= 0.3 is 6.09 Å². The number of carbonyl (C=O) groups is 2. The number of hydrogen-bond acceptors (Lipinski definition) is 6. The highest BCUT2D eigenvalue weighted by Crippen LogP contribution is 2.46. The van der Waals surface area contributed by atoms with Gasteiger partial charge in [0, 0.05) is 28.3 Å². The van der Waals surface area contributed by atoms with Gasteiger partial charge in [-0.3, -0.25) is 4.79 Å². The molecule has 0 aliphatic heterocycles. The fourth-order valence-corrected chi connectivity index (χ4v) is 8.41. The Morgan fingerprint density at radius 1 is 0.956 bits per heavy atom. The Morgan fingerprint density at radius 2 is 1.69 bits per heavy atom. The van der Waals surface area contributed by atoms with Crippen molar-refractivity contribution in [1.29, 1.82) is 0 Å². The van der Waals surface area contributed by atoms with Gasteiger partial charge in [-0.15, -0.1) is 11.3 Å². The SMILES string of the molecule is COC(=O)NN(C(=O)C1CCCCC1c1ncc(-c2ccc3cc(-c4sc(-c5cnc[nH]5)c5c4CCC5)ccc3c2)[nH]1)C(C)C. The van der Waals surface area contributed by atoms with E-state index < -0.39 is 6.09 Å². The Labute approximate surface area is 266 Å². The molecule has 1 saturated carbocycles. The van der Waals surface area contributed by atoms with Gasteiger partial charge in [-0.25, -0.2) is 25.2 Å². The van der Waals surface area contributed by atoms with Crippen LogP contribution in [0.3, 0.4) is 0 Å². The molecule has 2 atom stereocenters. The van der Waals surface area contributed by atoms with E-state index >= 15 is 0 Å². The van der Waals surface area contributed by atoms with Crippen molar-refractivity contribution in [2.24, 2.45) is 5.92 Å². The first-order chi connectivity index (χ1) is 21.9. The molecule has 0 spiro atoms. The van der Waals surface area contributed by atoms with Crippen LogP contribution >= 0.6 is 11.3 Å². The summed E-state index contributed by atoms with van der Waals surface area (Å²) in [6, 6.07) is 13.1. The third-order valence-corrected chi connectivity index (χ3v) is 10.7. The fourth-order valence-electron chi connectivity index (χ4n) is 7.04. The molecule has 1 fully saturated rings. The zero-order valence-electron chi connectivity index (χ0n) is 25.9. The standard InChI is InChI=1S/C35H38N6O3S/c1-20(2)41(40-35(43)44-3)34(42)28-8-5-4-7-27(28)33-37-18-29(39-33)23-13-11-22-16-24(14-12-21(22)15-23)31-25-9-6-10-26(25)32(45-31)30-17-36-19-38-30/h11-20,27-28H,4-10H2,1-3H3,(H,36,38)(H,37,39)(H,40,43). The van der Waals surface area contributed by atoms with E-state index in [1.807, 2.05) is 37.6 Å². The van der Waals surface area contributed by atoms with Crippen LogP contribution in [-0.2, 0) is 22.4 Å². The number of H-pyrrole nitrogens is 2. The van der Waals surface area contributed by atoms with Crippen molar-refractivity contribution >= 4 is 34.1 Å². The van der Waals surface area contributed by atoms with Gasteiger partial charge in [-0.1, -0.05) is 37.1 Å². The highest BCUT2D eigenvalue weighted by Gasteiger charge is 2.38. The summed E-state index contributed by atoms with van der Waals surface area (Å²) in [4.78, 5) is 44.2.